The minimum Gasteiger partial charge on any atom is -0.504 e. The molecule has 0 bridgehead atoms. The van der Waals surface area contributed by atoms with Gasteiger partial charge < -0.3 is 20.1 Å². The highest BCUT2D eigenvalue weighted by atomic mass is 79.9. The Kier molecular flexibility index (Phi) is 5.58. The van der Waals surface area contributed by atoms with Crippen LogP contribution < -0.4 is 4.74 Å². The van der Waals surface area contributed by atoms with E-state index in [0.29, 0.717) is 11.6 Å². The van der Waals surface area contributed by atoms with Crippen molar-refractivity contribution >= 4 is 22.2 Å². The number of benzene rings is 1. The van der Waals surface area contributed by atoms with Crippen LogP contribution in [0.25, 0.3) is 0 Å². The van der Waals surface area contributed by atoms with Gasteiger partial charge in [0.15, 0.2) is 17.8 Å². The summed E-state index contributed by atoms with van der Waals surface area (Å²) < 4.78 is 4.91. The van der Waals surface area contributed by atoms with Gasteiger partial charge in [-0.15, -0.1) is 0 Å². The van der Waals surface area contributed by atoms with Crippen molar-refractivity contribution in [2.45, 2.75) is 18.6 Å². The fraction of sp³-hybridized carbons (Fsp3) is 0.417. The molecule has 5 nitrogen and oxygen atoms in total. The number of phenolic OH excluding ortho intramolecular Hbond substituents is 1. The normalized spacial score (nSPS) is 14.0. The molecule has 1 rings (SSSR count). The van der Waals surface area contributed by atoms with E-state index in [0.717, 1.165) is 0 Å². The molecule has 0 spiro atoms. The van der Waals surface area contributed by atoms with Crippen LogP contribution in [0.1, 0.15) is 28.4 Å². The molecule has 1 aromatic carbocycles. The highest BCUT2D eigenvalue weighted by Crippen LogP contribution is 2.37. The van der Waals surface area contributed by atoms with Crippen molar-refractivity contribution in [2.75, 3.05) is 12.4 Å². The average molecular weight is 319 g/mol. The largest absolute Gasteiger partial charge is 0.504 e. The Bertz CT molecular complexity index is 421. The van der Waals surface area contributed by atoms with Gasteiger partial charge >= 0.3 is 0 Å². The molecule has 0 amide bonds. The van der Waals surface area contributed by atoms with E-state index < -0.39 is 12.2 Å². The number of hydrogen-bond acceptors (Lipinski definition) is 5. The predicted molar refractivity (Wildman–Crippen MR) is 69.4 cm³/mol. The first-order valence-corrected chi connectivity index (χ1v) is 6.46. The third-order valence-corrected chi connectivity index (χ3v) is 3.08. The third-order valence-electron chi connectivity index (χ3n) is 2.63. The van der Waals surface area contributed by atoms with Crippen molar-refractivity contribution in [1.29, 1.82) is 0 Å². The molecule has 0 fully saturated rings. The highest BCUT2D eigenvalue weighted by Gasteiger charge is 2.25. The van der Waals surface area contributed by atoms with E-state index >= 15 is 0 Å². The maximum atomic E-state index is 10.9. The summed E-state index contributed by atoms with van der Waals surface area (Å²) in [6.45, 7) is 0. The summed E-state index contributed by atoms with van der Waals surface area (Å²) >= 11 is 3.15. The molecule has 0 radical (unpaired) electrons. The number of carbonyl (C=O) groups excluding carboxylic acids is 1. The minimum absolute atomic E-state index is 0.0159. The van der Waals surface area contributed by atoms with Crippen LogP contribution in [0.2, 0.25) is 0 Å². The molecule has 3 N–H and O–H groups in total. The molecule has 0 saturated carbocycles. The Morgan fingerprint density at radius 2 is 2.11 bits per heavy atom. The maximum absolute atomic E-state index is 10.9. The molecule has 0 aliphatic heterocycles. The summed E-state index contributed by atoms with van der Waals surface area (Å²) in [5, 5.41) is 30.1. The summed E-state index contributed by atoms with van der Waals surface area (Å²) in [4.78, 5) is 10.9. The van der Waals surface area contributed by atoms with Crippen molar-refractivity contribution in [2.24, 2.45) is 0 Å². The van der Waals surface area contributed by atoms with Crippen molar-refractivity contribution in [3.8, 4) is 11.5 Å². The van der Waals surface area contributed by atoms with Gasteiger partial charge in [-0.2, -0.15) is 0 Å². The Morgan fingerprint density at radius 1 is 1.44 bits per heavy atom. The minimum atomic E-state index is -1.35. The fourth-order valence-corrected chi connectivity index (χ4v) is 2.11. The van der Waals surface area contributed by atoms with E-state index in [2.05, 4.69) is 15.9 Å². The van der Waals surface area contributed by atoms with Crippen molar-refractivity contribution in [3.05, 3.63) is 23.3 Å². The van der Waals surface area contributed by atoms with Crippen LogP contribution in [0, 0.1) is 0 Å². The standard InChI is InChI=1S/C12H15BrO5/c1-18-9-3-2-7(6-14)10(12(9)17)11(16)8(15)4-5-13/h2-3,6,8,11,15-17H,4-5H2,1H3. The lowest BCUT2D eigenvalue weighted by Crippen LogP contribution is -2.20. The molecule has 6 heteroatoms. The van der Waals surface area contributed by atoms with Gasteiger partial charge in [0.05, 0.1) is 13.2 Å². The van der Waals surface area contributed by atoms with Gasteiger partial charge in [0, 0.05) is 16.5 Å². The molecule has 100 valence electrons. The van der Waals surface area contributed by atoms with Crippen molar-refractivity contribution in [1.82, 2.24) is 0 Å². The van der Waals surface area contributed by atoms with Gasteiger partial charge in [0.25, 0.3) is 0 Å². The molecule has 0 aliphatic rings. The molecule has 0 heterocycles. The number of methoxy groups -OCH3 is 1. The molecule has 1 aromatic rings. The zero-order chi connectivity index (χ0) is 13.7. The first-order chi connectivity index (χ1) is 8.56. The molecular formula is C12H15BrO5. The molecule has 18 heavy (non-hydrogen) atoms. The number of rotatable bonds is 6. The van der Waals surface area contributed by atoms with Crippen LogP contribution in [-0.2, 0) is 0 Å². The first-order valence-electron chi connectivity index (χ1n) is 5.33. The zero-order valence-electron chi connectivity index (χ0n) is 9.84. The zero-order valence-corrected chi connectivity index (χ0v) is 11.4. The Hall–Kier alpha value is -1.11. The Labute approximate surface area is 113 Å². The predicted octanol–water partition coefficient (Wildman–Crippen LogP) is 1.39. The number of aromatic hydroxyl groups is 1. The average Bonchev–Trinajstić information content (AvgIpc) is 2.37. The van der Waals surface area contributed by atoms with E-state index in [9.17, 15) is 20.1 Å². The van der Waals surface area contributed by atoms with Crippen LogP contribution in [0.5, 0.6) is 11.5 Å². The lowest BCUT2D eigenvalue weighted by Gasteiger charge is -2.20. The highest BCUT2D eigenvalue weighted by molar-refractivity contribution is 9.09. The molecule has 2 atom stereocenters. The summed E-state index contributed by atoms with van der Waals surface area (Å²) in [5.41, 5.74) is 0.104. The summed E-state index contributed by atoms with van der Waals surface area (Å²) in [5.74, 6) is -0.191. The van der Waals surface area contributed by atoms with Gasteiger partial charge in [-0.05, 0) is 18.6 Å². The summed E-state index contributed by atoms with van der Waals surface area (Å²) in [7, 11) is 1.36. The van der Waals surface area contributed by atoms with Crippen molar-refractivity contribution < 1.29 is 24.9 Å². The number of halogens is 1. The van der Waals surface area contributed by atoms with Crippen LogP contribution in [0.3, 0.4) is 0 Å². The summed E-state index contributed by atoms with van der Waals surface area (Å²) in [6, 6.07) is 2.84. The number of phenols is 1. The molecule has 0 saturated heterocycles. The second kappa shape index (κ2) is 6.72. The van der Waals surface area contributed by atoms with Gasteiger partial charge in [-0.25, -0.2) is 0 Å². The first kappa shape index (κ1) is 14.9. The van der Waals surface area contributed by atoms with E-state index in [1.54, 1.807) is 0 Å². The van der Waals surface area contributed by atoms with Crippen LogP contribution in [0.15, 0.2) is 12.1 Å². The number of alkyl halides is 1. The monoisotopic (exact) mass is 318 g/mol. The van der Waals surface area contributed by atoms with Gasteiger partial charge in [0.1, 0.15) is 6.10 Å². The number of carbonyl (C=O) groups is 1. The third kappa shape index (κ3) is 3.01. The molecular weight excluding hydrogens is 304 g/mol. The van der Waals surface area contributed by atoms with E-state index in [4.69, 9.17) is 4.74 Å². The number of aldehydes is 1. The van der Waals surface area contributed by atoms with E-state index in [-0.39, 0.29) is 29.0 Å². The lowest BCUT2D eigenvalue weighted by atomic mass is 9.96. The number of ether oxygens (including phenoxy) is 1. The molecule has 0 aromatic heterocycles. The summed E-state index contributed by atoms with van der Waals surface area (Å²) in [6.07, 6.45) is -1.63. The van der Waals surface area contributed by atoms with Gasteiger partial charge in [0.2, 0.25) is 0 Å². The van der Waals surface area contributed by atoms with Crippen LogP contribution in [-0.4, -0.2) is 40.1 Å². The number of hydrogen-bond donors (Lipinski definition) is 3. The van der Waals surface area contributed by atoms with Gasteiger partial charge in [-0.1, -0.05) is 15.9 Å². The second-order valence-corrected chi connectivity index (χ2v) is 4.52. The van der Waals surface area contributed by atoms with Crippen LogP contribution >= 0.6 is 15.9 Å². The van der Waals surface area contributed by atoms with Gasteiger partial charge in [-0.3, -0.25) is 4.79 Å². The lowest BCUT2D eigenvalue weighted by molar-refractivity contribution is 0.0155. The second-order valence-electron chi connectivity index (χ2n) is 3.73. The Morgan fingerprint density at radius 3 is 2.61 bits per heavy atom. The Balaban J connectivity index is 3.23. The quantitative estimate of drug-likeness (QED) is 0.545. The topological polar surface area (TPSA) is 87.0 Å². The molecule has 0 aliphatic carbocycles. The number of aliphatic hydroxyl groups excluding tert-OH is 2. The van der Waals surface area contributed by atoms with Crippen molar-refractivity contribution in [3.63, 3.8) is 0 Å². The fourth-order valence-electron chi connectivity index (χ4n) is 1.64. The maximum Gasteiger partial charge on any atom is 0.164 e. The van der Waals surface area contributed by atoms with E-state index in [1.165, 1.54) is 19.2 Å². The molecule has 2 unspecified atom stereocenters. The van der Waals surface area contributed by atoms with E-state index in [1.807, 2.05) is 0 Å². The smallest absolute Gasteiger partial charge is 0.164 e. The van der Waals surface area contributed by atoms with Crippen LogP contribution in [0.4, 0.5) is 0 Å². The SMILES string of the molecule is COc1ccc(C=O)c(C(O)C(O)CCBr)c1O. The number of aliphatic hydroxyl groups is 2.